The van der Waals surface area contributed by atoms with Crippen molar-refractivity contribution in [1.82, 2.24) is 9.55 Å². The first-order valence-electron chi connectivity index (χ1n) is 5.96. The van der Waals surface area contributed by atoms with Crippen LogP contribution in [0.15, 0.2) is 24.5 Å². The van der Waals surface area contributed by atoms with Gasteiger partial charge in [0.2, 0.25) is 0 Å². The average molecular weight is 300 g/mol. The van der Waals surface area contributed by atoms with Crippen LogP contribution in [-0.2, 0) is 19.7 Å². The molecule has 0 aliphatic rings. The number of nitrogens with zero attached hydrogens (tertiary/aromatic N) is 2. The van der Waals surface area contributed by atoms with Crippen LogP contribution in [0.25, 0.3) is 0 Å². The molecule has 1 aromatic carbocycles. The molecule has 0 bridgehead atoms. The molecule has 1 heterocycles. The number of hydrogen-bond acceptors (Lipinski definition) is 3. The van der Waals surface area contributed by atoms with Crippen molar-refractivity contribution in [2.24, 2.45) is 5.73 Å². The fourth-order valence-corrected chi connectivity index (χ4v) is 2.42. The molecule has 0 atom stereocenters. The number of aryl methyl sites for hydroxylation is 1. The molecule has 4 nitrogen and oxygen atoms in total. The summed E-state index contributed by atoms with van der Waals surface area (Å²) < 4.78 is 7.75. The Morgan fingerprint density at radius 3 is 2.84 bits per heavy atom. The van der Waals surface area contributed by atoms with E-state index in [1.807, 2.05) is 17.7 Å². The van der Waals surface area contributed by atoms with Gasteiger partial charge in [-0.2, -0.15) is 0 Å². The molecule has 0 aliphatic carbocycles. The lowest BCUT2D eigenvalue weighted by Gasteiger charge is -2.13. The molecule has 0 fully saturated rings. The molecule has 19 heavy (non-hydrogen) atoms. The Balaban J connectivity index is 2.20. The number of benzene rings is 1. The first-order valence-corrected chi connectivity index (χ1v) is 6.72. The molecular formula is C13H15Cl2N3O. The largest absolute Gasteiger partial charge is 0.484 e. The summed E-state index contributed by atoms with van der Waals surface area (Å²) in [6.45, 7) is 3.55. The lowest BCUT2D eigenvalue weighted by Crippen LogP contribution is -2.08. The Labute approximate surface area is 122 Å². The third-order valence-corrected chi connectivity index (χ3v) is 3.29. The van der Waals surface area contributed by atoms with Crippen molar-refractivity contribution < 1.29 is 4.74 Å². The molecule has 0 unspecified atom stereocenters. The molecule has 0 saturated carbocycles. The summed E-state index contributed by atoms with van der Waals surface area (Å²) in [5.74, 6) is 1.41. The van der Waals surface area contributed by atoms with E-state index in [4.69, 9.17) is 33.7 Å². The van der Waals surface area contributed by atoms with E-state index >= 15 is 0 Å². The van der Waals surface area contributed by atoms with Crippen molar-refractivity contribution in [3.05, 3.63) is 46.0 Å². The van der Waals surface area contributed by atoms with Crippen LogP contribution in [0.5, 0.6) is 5.75 Å². The van der Waals surface area contributed by atoms with Crippen molar-refractivity contribution in [3.8, 4) is 5.75 Å². The molecule has 2 aromatic rings. The second kappa shape index (κ2) is 6.28. The lowest BCUT2D eigenvalue weighted by atomic mass is 10.2. The predicted octanol–water partition coefficient (Wildman–Crippen LogP) is 3.25. The first kappa shape index (κ1) is 14.2. The molecule has 2 rings (SSSR count). The first-order chi connectivity index (χ1) is 9.15. The van der Waals surface area contributed by atoms with Gasteiger partial charge in [-0.1, -0.05) is 23.2 Å². The minimum Gasteiger partial charge on any atom is -0.484 e. The van der Waals surface area contributed by atoms with Crippen molar-refractivity contribution in [3.63, 3.8) is 0 Å². The van der Waals surface area contributed by atoms with E-state index in [1.165, 1.54) is 0 Å². The van der Waals surface area contributed by atoms with Gasteiger partial charge >= 0.3 is 0 Å². The second-order valence-corrected chi connectivity index (χ2v) is 4.84. The minimum atomic E-state index is 0.317. The molecule has 2 N–H and O–H groups in total. The van der Waals surface area contributed by atoms with Gasteiger partial charge in [-0.05, 0) is 19.1 Å². The number of halogens is 2. The molecule has 1 aromatic heterocycles. The van der Waals surface area contributed by atoms with Gasteiger partial charge in [0, 0.05) is 36.1 Å². The van der Waals surface area contributed by atoms with Crippen LogP contribution < -0.4 is 10.5 Å². The second-order valence-electron chi connectivity index (χ2n) is 4.00. The average Bonchev–Trinajstić information content (AvgIpc) is 2.84. The van der Waals surface area contributed by atoms with Gasteiger partial charge in [-0.3, -0.25) is 0 Å². The van der Waals surface area contributed by atoms with Crippen LogP contribution in [0.1, 0.15) is 18.3 Å². The maximum absolute atomic E-state index is 6.14. The molecule has 0 aliphatic heterocycles. The quantitative estimate of drug-likeness (QED) is 0.922. The zero-order chi connectivity index (χ0) is 13.8. The molecule has 0 spiro atoms. The van der Waals surface area contributed by atoms with Gasteiger partial charge in [0.05, 0.1) is 5.02 Å². The standard InChI is InChI=1S/C13H15Cl2N3O/c1-2-18-4-3-17-12(18)8-19-13-9(7-16)5-10(14)6-11(13)15/h3-6H,2,7-8,16H2,1H3. The van der Waals surface area contributed by atoms with E-state index in [0.717, 1.165) is 17.9 Å². The third kappa shape index (κ3) is 3.21. The van der Waals surface area contributed by atoms with Gasteiger partial charge in [-0.25, -0.2) is 4.98 Å². The lowest BCUT2D eigenvalue weighted by molar-refractivity contribution is 0.287. The van der Waals surface area contributed by atoms with Gasteiger partial charge in [0.25, 0.3) is 0 Å². The van der Waals surface area contributed by atoms with E-state index in [-0.39, 0.29) is 0 Å². The fraction of sp³-hybridized carbons (Fsp3) is 0.308. The van der Waals surface area contributed by atoms with Gasteiger partial charge in [0.1, 0.15) is 18.2 Å². The van der Waals surface area contributed by atoms with Crippen LogP contribution >= 0.6 is 23.2 Å². The zero-order valence-electron chi connectivity index (χ0n) is 10.6. The summed E-state index contributed by atoms with van der Waals surface area (Å²) in [5.41, 5.74) is 6.46. The van der Waals surface area contributed by atoms with Crippen LogP contribution in [0.4, 0.5) is 0 Å². The number of aromatic nitrogens is 2. The predicted molar refractivity (Wildman–Crippen MR) is 76.6 cm³/mol. The maximum Gasteiger partial charge on any atom is 0.146 e. The molecule has 0 amide bonds. The van der Waals surface area contributed by atoms with E-state index in [9.17, 15) is 0 Å². The minimum absolute atomic E-state index is 0.317. The van der Waals surface area contributed by atoms with Crippen LogP contribution in [-0.4, -0.2) is 9.55 Å². The summed E-state index contributed by atoms with van der Waals surface area (Å²) in [5, 5.41) is 1.01. The monoisotopic (exact) mass is 299 g/mol. The molecule has 0 saturated heterocycles. The highest BCUT2D eigenvalue weighted by Gasteiger charge is 2.11. The van der Waals surface area contributed by atoms with Crippen LogP contribution in [0.3, 0.4) is 0 Å². The summed E-state index contributed by atoms with van der Waals surface area (Å²) in [6.07, 6.45) is 3.65. The van der Waals surface area contributed by atoms with E-state index in [0.29, 0.717) is 28.9 Å². The van der Waals surface area contributed by atoms with Crippen molar-refractivity contribution >= 4 is 23.2 Å². The summed E-state index contributed by atoms with van der Waals surface area (Å²) in [7, 11) is 0. The molecule has 6 heteroatoms. The highest BCUT2D eigenvalue weighted by molar-refractivity contribution is 6.35. The van der Waals surface area contributed by atoms with Gasteiger partial charge < -0.3 is 15.0 Å². The van der Waals surface area contributed by atoms with Crippen LogP contribution in [0.2, 0.25) is 10.0 Å². The number of nitrogens with two attached hydrogens (primary N) is 1. The van der Waals surface area contributed by atoms with Crippen molar-refractivity contribution in [2.75, 3.05) is 0 Å². The van der Waals surface area contributed by atoms with Gasteiger partial charge in [0.15, 0.2) is 0 Å². The Morgan fingerprint density at radius 1 is 1.37 bits per heavy atom. The molecule has 0 radical (unpaired) electrons. The normalized spacial score (nSPS) is 10.7. The third-order valence-electron chi connectivity index (χ3n) is 2.79. The van der Waals surface area contributed by atoms with E-state index in [2.05, 4.69) is 4.98 Å². The fourth-order valence-electron chi connectivity index (χ4n) is 1.83. The number of imidazole rings is 1. The highest BCUT2D eigenvalue weighted by atomic mass is 35.5. The SMILES string of the molecule is CCn1ccnc1COc1c(Cl)cc(Cl)cc1CN. The van der Waals surface area contributed by atoms with Crippen LogP contribution in [0, 0.1) is 0 Å². The number of ether oxygens (including phenoxy) is 1. The summed E-state index contributed by atoms with van der Waals surface area (Å²) in [6, 6.07) is 3.40. The van der Waals surface area contributed by atoms with Gasteiger partial charge in [-0.15, -0.1) is 0 Å². The molecule has 102 valence electrons. The van der Waals surface area contributed by atoms with E-state index < -0.39 is 0 Å². The van der Waals surface area contributed by atoms with E-state index in [1.54, 1.807) is 18.3 Å². The zero-order valence-corrected chi connectivity index (χ0v) is 12.1. The summed E-state index contributed by atoms with van der Waals surface area (Å²) in [4.78, 5) is 4.24. The summed E-state index contributed by atoms with van der Waals surface area (Å²) >= 11 is 12.1. The topological polar surface area (TPSA) is 53.1 Å². The number of hydrogen-bond donors (Lipinski definition) is 1. The Kier molecular flexibility index (Phi) is 4.69. The maximum atomic E-state index is 6.14. The Hall–Kier alpha value is -1.23. The Bertz CT molecular complexity index is 569. The van der Waals surface area contributed by atoms with Crippen molar-refractivity contribution in [2.45, 2.75) is 26.6 Å². The van der Waals surface area contributed by atoms with Crippen molar-refractivity contribution in [1.29, 1.82) is 0 Å². The number of rotatable bonds is 5. The Morgan fingerprint density at radius 2 is 2.16 bits per heavy atom. The highest BCUT2D eigenvalue weighted by Crippen LogP contribution is 2.32. The molecular weight excluding hydrogens is 285 g/mol. The smallest absolute Gasteiger partial charge is 0.146 e.